The number of nitrogens with zero attached hydrogens (tertiary/aromatic N) is 2. The van der Waals surface area contributed by atoms with Crippen LogP contribution in [-0.4, -0.2) is 32.4 Å². The molecule has 2 aromatic rings. The van der Waals surface area contributed by atoms with Gasteiger partial charge in [-0.15, -0.1) is 5.10 Å². The van der Waals surface area contributed by atoms with E-state index in [1.165, 1.54) is 17.3 Å². The molecule has 0 bridgehead atoms. The summed E-state index contributed by atoms with van der Waals surface area (Å²) >= 11 is 1.33. The number of H-pyrrole nitrogens is 1. The number of hydrogen-bond acceptors (Lipinski definition) is 4. The molecule has 2 N–H and O–H groups in total. The van der Waals surface area contributed by atoms with E-state index in [0.717, 1.165) is 17.8 Å². The smallest absolute Gasteiger partial charge is 0.230 e. The van der Waals surface area contributed by atoms with Gasteiger partial charge in [0, 0.05) is 11.1 Å². The Morgan fingerprint density at radius 2 is 1.95 bits per heavy atom. The monoisotopic (exact) mass is 318 g/mol. The molecule has 0 radical (unpaired) electrons. The lowest BCUT2D eigenvalue weighted by Gasteiger charge is -2.19. The molecule has 0 aliphatic heterocycles. The quantitative estimate of drug-likeness (QED) is 0.831. The van der Waals surface area contributed by atoms with Crippen LogP contribution in [0.5, 0.6) is 0 Å². The van der Waals surface area contributed by atoms with Crippen LogP contribution in [0.1, 0.15) is 33.3 Å². The first-order chi connectivity index (χ1) is 10.4. The number of amides is 1. The summed E-state index contributed by atoms with van der Waals surface area (Å²) in [6.07, 6.45) is 1.01. The molecular formula is C16H22N4OS. The summed E-state index contributed by atoms with van der Waals surface area (Å²) in [6.45, 7) is 8.00. The van der Waals surface area contributed by atoms with Crippen molar-refractivity contribution in [3.05, 3.63) is 29.8 Å². The third-order valence-electron chi connectivity index (χ3n) is 2.95. The van der Waals surface area contributed by atoms with E-state index >= 15 is 0 Å². The standard InChI is InChI=1S/C16H22N4OS/c1-5-11-6-8-12(9-7-11)14-17-15(20-19-14)22-10-13(21)18-16(2,3)4/h6-9H,5,10H2,1-4H3,(H,18,21)(H,17,19,20). The molecular weight excluding hydrogens is 296 g/mol. The van der Waals surface area contributed by atoms with Crippen molar-refractivity contribution in [3.8, 4) is 11.4 Å². The summed E-state index contributed by atoms with van der Waals surface area (Å²) in [4.78, 5) is 16.2. The highest BCUT2D eigenvalue weighted by atomic mass is 32.2. The minimum absolute atomic E-state index is 0.0175. The average molecular weight is 318 g/mol. The number of nitrogens with one attached hydrogen (secondary N) is 2. The molecule has 1 aromatic heterocycles. The summed E-state index contributed by atoms with van der Waals surface area (Å²) in [7, 11) is 0. The SMILES string of the molecule is CCc1ccc(-c2nc(SCC(=O)NC(C)(C)C)n[nH]2)cc1. The van der Waals surface area contributed by atoms with Gasteiger partial charge in [0.05, 0.1) is 5.75 Å². The Bertz CT molecular complexity index is 628. The Labute approximate surface area is 135 Å². The van der Waals surface area contributed by atoms with Crippen molar-refractivity contribution >= 4 is 17.7 Å². The number of carbonyl (C=O) groups is 1. The Kier molecular flexibility index (Phi) is 5.24. The van der Waals surface area contributed by atoms with E-state index in [-0.39, 0.29) is 11.4 Å². The number of aryl methyl sites for hydroxylation is 1. The molecule has 0 fully saturated rings. The number of benzene rings is 1. The summed E-state index contributed by atoms with van der Waals surface area (Å²) in [5.41, 5.74) is 2.07. The van der Waals surface area contributed by atoms with E-state index in [4.69, 9.17) is 0 Å². The highest BCUT2D eigenvalue weighted by Gasteiger charge is 2.15. The lowest BCUT2D eigenvalue weighted by Crippen LogP contribution is -2.41. The van der Waals surface area contributed by atoms with Gasteiger partial charge in [0.25, 0.3) is 0 Å². The molecule has 0 aliphatic carbocycles. The van der Waals surface area contributed by atoms with Crippen LogP contribution in [0.3, 0.4) is 0 Å². The van der Waals surface area contributed by atoms with Crippen molar-refractivity contribution in [1.82, 2.24) is 20.5 Å². The molecule has 0 saturated heterocycles. The first kappa shape index (κ1) is 16.5. The zero-order valence-corrected chi connectivity index (χ0v) is 14.3. The summed E-state index contributed by atoms with van der Waals surface area (Å²) in [5.74, 6) is 1.01. The van der Waals surface area contributed by atoms with Crippen molar-refractivity contribution in [3.63, 3.8) is 0 Å². The molecule has 0 unspecified atom stereocenters. The predicted octanol–water partition coefficient (Wildman–Crippen LogP) is 3.04. The molecule has 1 aromatic carbocycles. The van der Waals surface area contributed by atoms with Gasteiger partial charge in [-0.05, 0) is 32.8 Å². The van der Waals surface area contributed by atoms with Crippen LogP contribution in [0.4, 0.5) is 0 Å². The van der Waals surface area contributed by atoms with Gasteiger partial charge in [0.15, 0.2) is 5.82 Å². The van der Waals surface area contributed by atoms with E-state index in [0.29, 0.717) is 10.9 Å². The van der Waals surface area contributed by atoms with E-state index in [1.54, 1.807) is 0 Å². The Balaban J connectivity index is 1.95. The number of rotatable bonds is 5. The fraction of sp³-hybridized carbons (Fsp3) is 0.438. The number of thioether (sulfide) groups is 1. The van der Waals surface area contributed by atoms with Gasteiger partial charge in [-0.2, -0.15) is 0 Å². The van der Waals surface area contributed by atoms with E-state index in [2.05, 4.69) is 39.6 Å². The topological polar surface area (TPSA) is 70.7 Å². The van der Waals surface area contributed by atoms with Crippen LogP contribution in [0.2, 0.25) is 0 Å². The lowest BCUT2D eigenvalue weighted by molar-refractivity contribution is -0.119. The maximum Gasteiger partial charge on any atom is 0.230 e. The number of aromatic amines is 1. The van der Waals surface area contributed by atoms with Crippen LogP contribution in [0.15, 0.2) is 29.4 Å². The number of aromatic nitrogens is 3. The molecule has 0 aliphatic rings. The fourth-order valence-corrected chi connectivity index (χ4v) is 2.52. The number of hydrogen-bond donors (Lipinski definition) is 2. The summed E-state index contributed by atoms with van der Waals surface area (Å²) < 4.78 is 0. The van der Waals surface area contributed by atoms with Gasteiger partial charge in [-0.3, -0.25) is 9.89 Å². The van der Waals surface area contributed by atoms with Crippen molar-refractivity contribution in [2.24, 2.45) is 0 Å². The summed E-state index contributed by atoms with van der Waals surface area (Å²) in [6, 6.07) is 8.23. The molecule has 2 rings (SSSR count). The molecule has 0 spiro atoms. The van der Waals surface area contributed by atoms with E-state index in [9.17, 15) is 4.79 Å². The van der Waals surface area contributed by atoms with Crippen molar-refractivity contribution < 1.29 is 4.79 Å². The van der Waals surface area contributed by atoms with Crippen LogP contribution >= 0.6 is 11.8 Å². The van der Waals surface area contributed by atoms with Crippen molar-refractivity contribution in [1.29, 1.82) is 0 Å². The molecule has 6 heteroatoms. The van der Waals surface area contributed by atoms with Crippen molar-refractivity contribution in [2.75, 3.05) is 5.75 Å². The van der Waals surface area contributed by atoms with Gasteiger partial charge in [0.1, 0.15) is 0 Å². The van der Waals surface area contributed by atoms with Crippen LogP contribution in [-0.2, 0) is 11.2 Å². The zero-order valence-electron chi connectivity index (χ0n) is 13.4. The Morgan fingerprint density at radius 1 is 1.27 bits per heavy atom. The first-order valence-electron chi connectivity index (χ1n) is 7.33. The lowest BCUT2D eigenvalue weighted by atomic mass is 10.1. The maximum absolute atomic E-state index is 11.8. The number of carbonyl (C=O) groups excluding carboxylic acids is 1. The first-order valence-corrected chi connectivity index (χ1v) is 8.31. The van der Waals surface area contributed by atoms with Gasteiger partial charge in [-0.1, -0.05) is 43.0 Å². The summed E-state index contributed by atoms with van der Waals surface area (Å²) in [5, 5.41) is 10.6. The highest BCUT2D eigenvalue weighted by molar-refractivity contribution is 7.99. The van der Waals surface area contributed by atoms with Gasteiger partial charge in [0.2, 0.25) is 11.1 Å². The molecule has 1 amide bonds. The van der Waals surface area contributed by atoms with E-state index < -0.39 is 0 Å². The molecule has 5 nitrogen and oxygen atoms in total. The fourth-order valence-electron chi connectivity index (χ4n) is 1.92. The largest absolute Gasteiger partial charge is 0.351 e. The average Bonchev–Trinajstić information content (AvgIpc) is 2.92. The second kappa shape index (κ2) is 6.96. The predicted molar refractivity (Wildman–Crippen MR) is 89.8 cm³/mol. The molecule has 0 saturated carbocycles. The second-order valence-corrected chi connectivity index (χ2v) is 7.05. The molecule has 1 heterocycles. The van der Waals surface area contributed by atoms with Crippen molar-refractivity contribution in [2.45, 2.75) is 44.8 Å². The third kappa shape index (κ3) is 4.87. The van der Waals surface area contributed by atoms with Gasteiger partial charge < -0.3 is 5.32 Å². The zero-order chi connectivity index (χ0) is 16.2. The normalized spacial score (nSPS) is 11.5. The second-order valence-electron chi connectivity index (χ2n) is 6.10. The molecule has 118 valence electrons. The minimum atomic E-state index is -0.219. The Morgan fingerprint density at radius 3 is 2.55 bits per heavy atom. The minimum Gasteiger partial charge on any atom is -0.351 e. The molecule has 22 heavy (non-hydrogen) atoms. The maximum atomic E-state index is 11.8. The highest BCUT2D eigenvalue weighted by Crippen LogP contribution is 2.19. The van der Waals surface area contributed by atoms with Crippen LogP contribution < -0.4 is 5.32 Å². The van der Waals surface area contributed by atoms with E-state index in [1.807, 2.05) is 32.9 Å². The third-order valence-corrected chi connectivity index (χ3v) is 3.79. The van der Waals surface area contributed by atoms with Crippen LogP contribution in [0, 0.1) is 0 Å². The van der Waals surface area contributed by atoms with Crippen LogP contribution in [0.25, 0.3) is 11.4 Å². The Hall–Kier alpha value is -1.82. The molecule has 0 atom stereocenters. The van der Waals surface area contributed by atoms with Gasteiger partial charge >= 0.3 is 0 Å². The van der Waals surface area contributed by atoms with Gasteiger partial charge in [-0.25, -0.2) is 4.98 Å².